The molecule has 21 heavy (non-hydrogen) atoms. The van der Waals surface area contributed by atoms with Crippen LogP contribution in [0.3, 0.4) is 0 Å². The van der Waals surface area contributed by atoms with Gasteiger partial charge in [-0.3, -0.25) is 4.99 Å². The van der Waals surface area contributed by atoms with E-state index in [9.17, 15) is 0 Å². The molecule has 0 radical (unpaired) electrons. The number of halogens is 1. The minimum absolute atomic E-state index is 0.387. The normalized spacial score (nSPS) is 28.1. The van der Waals surface area contributed by atoms with Crippen molar-refractivity contribution in [2.45, 2.75) is 50.9 Å². The molecule has 0 aromatic carbocycles. The summed E-state index contributed by atoms with van der Waals surface area (Å²) in [5.41, 5.74) is 0. The van der Waals surface area contributed by atoms with Gasteiger partial charge in [0.15, 0.2) is 5.96 Å². The molecule has 0 spiro atoms. The van der Waals surface area contributed by atoms with Crippen LogP contribution in [0.5, 0.6) is 0 Å². The highest BCUT2D eigenvalue weighted by Crippen LogP contribution is 2.34. The minimum Gasteiger partial charge on any atom is -0.373 e. The number of rotatable bonds is 5. The summed E-state index contributed by atoms with van der Waals surface area (Å²) in [6, 6.07) is 4.80. The van der Waals surface area contributed by atoms with Crippen LogP contribution in [0.4, 0.5) is 0 Å². The summed E-state index contributed by atoms with van der Waals surface area (Å²) in [7, 11) is 0. The lowest BCUT2D eigenvalue weighted by molar-refractivity contribution is 0.0992. The predicted molar refractivity (Wildman–Crippen MR) is 96.2 cm³/mol. The second-order valence-corrected chi connectivity index (χ2v) is 8.64. The Hall–Kier alpha value is -0.340. The van der Waals surface area contributed by atoms with Crippen LogP contribution in [0.2, 0.25) is 0 Å². The Morgan fingerprint density at radius 1 is 1.48 bits per heavy atom. The molecule has 6 heteroatoms. The standard InChI is InChI=1S/C15H22IN3OS/c1-2-17-15(18-8-7-11-4-6-14(16)21-11)19-12-9-10-3-5-13(12)20-10/h4,6,10,12-13H,2-3,5,7-9H2,1H3,(H2,17,18,19). The first kappa shape index (κ1) is 15.6. The number of guanidine groups is 1. The van der Waals surface area contributed by atoms with Crippen molar-refractivity contribution < 1.29 is 4.74 Å². The highest BCUT2D eigenvalue weighted by molar-refractivity contribution is 14.1. The molecule has 2 fully saturated rings. The average Bonchev–Trinajstić information content (AvgIpc) is 3.16. The third kappa shape index (κ3) is 4.10. The van der Waals surface area contributed by atoms with E-state index in [-0.39, 0.29) is 0 Å². The molecule has 0 saturated carbocycles. The Labute approximate surface area is 143 Å². The van der Waals surface area contributed by atoms with Crippen LogP contribution in [-0.2, 0) is 11.2 Å². The Bertz CT molecular complexity index is 505. The molecule has 3 rings (SSSR count). The fraction of sp³-hybridized carbons (Fsp3) is 0.667. The first-order chi connectivity index (χ1) is 10.2. The van der Waals surface area contributed by atoms with Crippen LogP contribution >= 0.6 is 33.9 Å². The zero-order valence-corrected chi connectivity index (χ0v) is 15.2. The molecule has 1 aromatic heterocycles. The molecule has 2 saturated heterocycles. The fourth-order valence-corrected chi connectivity index (χ4v) is 4.79. The van der Waals surface area contributed by atoms with Crippen LogP contribution in [0.1, 0.15) is 31.1 Å². The highest BCUT2D eigenvalue weighted by atomic mass is 127. The van der Waals surface area contributed by atoms with Crippen molar-refractivity contribution in [3.63, 3.8) is 0 Å². The molecule has 4 nitrogen and oxygen atoms in total. The SMILES string of the molecule is CCNC(=NCCc1ccc(I)s1)NC1CC2CCC1O2. The van der Waals surface area contributed by atoms with Crippen molar-refractivity contribution in [3.8, 4) is 0 Å². The van der Waals surface area contributed by atoms with Crippen molar-refractivity contribution in [1.29, 1.82) is 0 Å². The molecule has 3 heterocycles. The number of hydrogen-bond donors (Lipinski definition) is 2. The van der Waals surface area contributed by atoms with E-state index in [1.807, 2.05) is 11.3 Å². The van der Waals surface area contributed by atoms with Crippen LogP contribution < -0.4 is 10.6 Å². The molecule has 2 aliphatic heterocycles. The van der Waals surface area contributed by atoms with Gasteiger partial charge in [0, 0.05) is 24.4 Å². The van der Waals surface area contributed by atoms with Gasteiger partial charge in [0.2, 0.25) is 0 Å². The Morgan fingerprint density at radius 2 is 2.38 bits per heavy atom. The van der Waals surface area contributed by atoms with Gasteiger partial charge in [0.25, 0.3) is 0 Å². The van der Waals surface area contributed by atoms with Gasteiger partial charge in [-0.05, 0) is 60.9 Å². The zero-order chi connectivity index (χ0) is 14.7. The van der Waals surface area contributed by atoms with E-state index < -0.39 is 0 Å². The lowest BCUT2D eigenvalue weighted by Gasteiger charge is -2.22. The van der Waals surface area contributed by atoms with Crippen molar-refractivity contribution in [1.82, 2.24) is 10.6 Å². The third-order valence-electron chi connectivity index (χ3n) is 4.03. The van der Waals surface area contributed by atoms with Gasteiger partial charge in [0.1, 0.15) is 0 Å². The summed E-state index contributed by atoms with van der Waals surface area (Å²) in [5, 5.41) is 6.90. The van der Waals surface area contributed by atoms with Crippen LogP contribution in [0, 0.1) is 2.88 Å². The van der Waals surface area contributed by atoms with Crippen LogP contribution in [-0.4, -0.2) is 37.3 Å². The highest BCUT2D eigenvalue weighted by Gasteiger charge is 2.41. The number of nitrogens with one attached hydrogen (secondary N) is 2. The van der Waals surface area contributed by atoms with E-state index in [1.165, 1.54) is 20.6 Å². The van der Waals surface area contributed by atoms with Crippen molar-refractivity contribution in [2.24, 2.45) is 4.99 Å². The molecule has 2 bridgehead atoms. The molecular weight excluding hydrogens is 397 g/mol. The number of thiophene rings is 1. The first-order valence-electron chi connectivity index (χ1n) is 7.69. The lowest BCUT2D eigenvalue weighted by atomic mass is 9.96. The van der Waals surface area contributed by atoms with Crippen molar-refractivity contribution >= 4 is 39.9 Å². The Morgan fingerprint density at radius 3 is 3.00 bits per heavy atom. The Balaban J connectivity index is 1.52. The van der Waals surface area contributed by atoms with Crippen molar-refractivity contribution in [3.05, 3.63) is 19.9 Å². The summed E-state index contributed by atoms with van der Waals surface area (Å²) in [4.78, 5) is 6.11. The van der Waals surface area contributed by atoms with Gasteiger partial charge in [-0.15, -0.1) is 11.3 Å². The van der Waals surface area contributed by atoms with Gasteiger partial charge < -0.3 is 15.4 Å². The summed E-state index contributed by atoms with van der Waals surface area (Å²) >= 11 is 4.22. The maximum atomic E-state index is 5.90. The largest absolute Gasteiger partial charge is 0.373 e. The molecular formula is C15H22IN3OS. The monoisotopic (exact) mass is 419 g/mol. The van der Waals surface area contributed by atoms with Gasteiger partial charge in [-0.1, -0.05) is 0 Å². The van der Waals surface area contributed by atoms with Crippen molar-refractivity contribution in [2.75, 3.05) is 13.1 Å². The van der Waals surface area contributed by atoms with E-state index in [1.54, 1.807) is 0 Å². The third-order valence-corrected chi connectivity index (χ3v) is 5.98. The molecule has 2 N–H and O–H groups in total. The molecule has 2 aliphatic rings. The Kier molecular flexibility index (Phi) is 5.39. The molecule has 0 amide bonds. The van der Waals surface area contributed by atoms with E-state index in [0.717, 1.165) is 31.9 Å². The first-order valence-corrected chi connectivity index (χ1v) is 9.58. The second kappa shape index (κ2) is 7.28. The number of nitrogens with zero attached hydrogens (tertiary/aromatic N) is 1. The van der Waals surface area contributed by atoms with E-state index in [2.05, 4.69) is 52.3 Å². The summed E-state index contributed by atoms with van der Waals surface area (Å²) in [6.07, 6.45) is 5.42. The smallest absolute Gasteiger partial charge is 0.191 e. The van der Waals surface area contributed by atoms with Crippen LogP contribution in [0.25, 0.3) is 0 Å². The van der Waals surface area contributed by atoms with Gasteiger partial charge >= 0.3 is 0 Å². The summed E-state index contributed by atoms with van der Waals surface area (Å²) < 4.78 is 7.24. The minimum atomic E-state index is 0.387. The number of fused-ring (bicyclic) bond motifs is 2. The molecule has 3 unspecified atom stereocenters. The summed E-state index contributed by atoms with van der Waals surface area (Å²) in [5.74, 6) is 0.935. The molecule has 0 aliphatic carbocycles. The molecule has 1 aromatic rings. The quantitative estimate of drug-likeness (QED) is 0.439. The van der Waals surface area contributed by atoms with Gasteiger partial charge in [-0.2, -0.15) is 0 Å². The summed E-state index contributed by atoms with van der Waals surface area (Å²) in [6.45, 7) is 3.83. The van der Waals surface area contributed by atoms with Crippen LogP contribution in [0.15, 0.2) is 17.1 Å². The molecule has 3 atom stereocenters. The van der Waals surface area contributed by atoms with E-state index in [0.29, 0.717) is 18.2 Å². The maximum absolute atomic E-state index is 5.90. The topological polar surface area (TPSA) is 45.7 Å². The lowest BCUT2D eigenvalue weighted by Crippen LogP contribution is -2.47. The number of ether oxygens (including phenoxy) is 1. The maximum Gasteiger partial charge on any atom is 0.191 e. The fourth-order valence-electron chi connectivity index (χ4n) is 3.05. The predicted octanol–water partition coefficient (Wildman–Crippen LogP) is 2.77. The number of hydrogen-bond acceptors (Lipinski definition) is 3. The average molecular weight is 419 g/mol. The van der Waals surface area contributed by atoms with E-state index in [4.69, 9.17) is 9.73 Å². The second-order valence-electron chi connectivity index (χ2n) is 5.58. The van der Waals surface area contributed by atoms with Gasteiger partial charge in [0.05, 0.1) is 21.1 Å². The van der Waals surface area contributed by atoms with E-state index >= 15 is 0 Å². The molecule has 116 valence electrons. The van der Waals surface area contributed by atoms with Gasteiger partial charge in [-0.25, -0.2) is 0 Å². The number of aliphatic imine (C=N–C) groups is 1. The zero-order valence-electron chi connectivity index (χ0n) is 12.3.